The zero-order valence-electron chi connectivity index (χ0n) is 15.5. The third-order valence-electron chi connectivity index (χ3n) is 4.83. The molecule has 2 N–H and O–H groups in total. The van der Waals surface area contributed by atoms with Crippen molar-refractivity contribution in [2.45, 2.75) is 13.0 Å². The highest BCUT2D eigenvalue weighted by atomic mass is 32.1. The average molecular weight is 385 g/mol. The van der Waals surface area contributed by atoms with E-state index in [1.54, 1.807) is 0 Å². The highest BCUT2D eigenvalue weighted by Gasteiger charge is 2.32. The summed E-state index contributed by atoms with van der Waals surface area (Å²) in [6, 6.07) is 27.1. The lowest BCUT2D eigenvalue weighted by atomic mass is 9.87. The molecule has 0 fully saturated rings. The average Bonchev–Trinajstić information content (AvgIpc) is 2.74. The molecule has 1 unspecified atom stereocenters. The monoisotopic (exact) mass is 384 g/mol. The minimum atomic E-state index is -0.322. The second-order valence-electron chi connectivity index (χ2n) is 6.79. The van der Waals surface area contributed by atoms with Crippen LogP contribution in [-0.2, 0) is 0 Å². The summed E-state index contributed by atoms with van der Waals surface area (Å²) in [7, 11) is 0. The summed E-state index contributed by atoms with van der Waals surface area (Å²) >= 11 is 5.47. The van der Waals surface area contributed by atoms with Gasteiger partial charge in [0, 0.05) is 5.56 Å². The minimum Gasteiger partial charge on any atom is -0.351 e. The molecule has 0 spiro atoms. The Balaban J connectivity index is 1.92. The topological polar surface area (TPSA) is 41.1 Å². The molecule has 28 heavy (non-hydrogen) atoms. The van der Waals surface area contributed by atoms with Gasteiger partial charge in [-0.25, -0.2) is 0 Å². The third-order valence-corrected chi connectivity index (χ3v) is 5.05. The van der Waals surface area contributed by atoms with Gasteiger partial charge in [-0.3, -0.25) is 4.79 Å². The molecule has 1 heterocycles. The van der Waals surface area contributed by atoms with E-state index in [4.69, 9.17) is 12.2 Å². The van der Waals surface area contributed by atoms with Crippen molar-refractivity contribution in [1.82, 2.24) is 10.6 Å². The smallest absolute Gasteiger partial charge is 0.193 e. The van der Waals surface area contributed by atoms with Gasteiger partial charge in [-0.2, -0.15) is 0 Å². The molecule has 0 aliphatic carbocycles. The molecule has 0 saturated carbocycles. The Labute approximate surface area is 170 Å². The maximum absolute atomic E-state index is 13.6. The van der Waals surface area contributed by atoms with Crippen molar-refractivity contribution in [3.05, 3.63) is 113 Å². The lowest BCUT2D eigenvalue weighted by molar-refractivity contribution is 0.102. The van der Waals surface area contributed by atoms with E-state index in [9.17, 15) is 4.79 Å². The summed E-state index contributed by atoms with van der Waals surface area (Å²) in [5.74, 6) is -0.0208. The molecule has 0 bridgehead atoms. The Hall–Kier alpha value is -3.24. The fraction of sp³-hybridized carbons (Fsp3) is 0.0833. The molecule has 3 aromatic carbocycles. The number of aryl methyl sites for hydroxylation is 1. The van der Waals surface area contributed by atoms with Gasteiger partial charge < -0.3 is 10.6 Å². The molecule has 0 radical (unpaired) electrons. The van der Waals surface area contributed by atoms with Crippen LogP contribution in [0.25, 0.3) is 5.70 Å². The van der Waals surface area contributed by atoms with Crippen LogP contribution in [0.15, 0.2) is 90.5 Å². The molecule has 0 amide bonds. The van der Waals surface area contributed by atoms with Gasteiger partial charge in [0.1, 0.15) is 0 Å². The van der Waals surface area contributed by atoms with Crippen LogP contribution in [0.1, 0.15) is 33.1 Å². The summed E-state index contributed by atoms with van der Waals surface area (Å²) in [5.41, 5.74) is 5.17. The molecule has 0 saturated heterocycles. The highest BCUT2D eigenvalue weighted by Crippen LogP contribution is 2.33. The molecule has 138 valence electrons. The van der Waals surface area contributed by atoms with Crippen molar-refractivity contribution in [3.63, 3.8) is 0 Å². The molecule has 3 aromatic rings. The minimum absolute atomic E-state index is 0.0208. The second kappa shape index (κ2) is 7.79. The van der Waals surface area contributed by atoms with Crippen molar-refractivity contribution < 1.29 is 4.79 Å². The number of rotatable bonds is 4. The quantitative estimate of drug-likeness (QED) is 0.500. The predicted molar refractivity (Wildman–Crippen MR) is 117 cm³/mol. The van der Waals surface area contributed by atoms with Gasteiger partial charge in [-0.1, -0.05) is 90.5 Å². The number of carbonyl (C=O) groups excluding carboxylic acids is 1. The van der Waals surface area contributed by atoms with Gasteiger partial charge in [0.25, 0.3) is 0 Å². The van der Waals surface area contributed by atoms with Crippen LogP contribution in [0.2, 0.25) is 0 Å². The number of carbonyl (C=O) groups is 1. The fourth-order valence-electron chi connectivity index (χ4n) is 3.40. The van der Waals surface area contributed by atoms with Crippen molar-refractivity contribution >= 4 is 28.8 Å². The molecule has 0 aromatic heterocycles. The molecule has 3 nitrogen and oxygen atoms in total. The number of hydrogen-bond acceptors (Lipinski definition) is 2. The van der Waals surface area contributed by atoms with Crippen molar-refractivity contribution in [3.8, 4) is 0 Å². The van der Waals surface area contributed by atoms with E-state index < -0.39 is 0 Å². The first kappa shape index (κ1) is 18.1. The van der Waals surface area contributed by atoms with Gasteiger partial charge in [-0.05, 0) is 30.3 Å². The van der Waals surface area contributed by atoms with Gasteiger partial charge in [0.05, 0.1) is 17.3 Å². The van der Waals surface area contributed by atoms with Crippen molar-refractivity contribution in [1.29, 1.82) is 0 Å². The maximum atomic E-state index is 13.6. The number of thiocarbonyl (C=S) groups is 1. The summed E-state index contributed by atoms with van der Waals surface area (Å²) < 4.78 is 0. The second-order valence-corrected chi connectivity index (χ2v) is 7.20. The molecule has 4 heteroatoms. The molecular weight excluding hydrogens is 364 g/mol. The van der Waals surface area contributed by atoms with Crippen LogP contribution < -0.4 is 10.6 Å². The lowest BCUT2D eigenvalue weighted by Gasteiger charge is -2.32. The summed E-state index contributed by atoms with van der Waals surface area (Å²) in [6.07, 6.45) is 0. The van der Waals surface area contributed by atoms with E-state index in [0.29, 0.717) is 16.2 Å². The largest absolute Gasteiger partial charge is 0.351 e. The van der Waals surface area contributed by atoms with Gasteiger partial charge >= 0.3 is 0 Å². The normalized spacial score (nSPS) is 16.3. The van der Waals surface area contributed by atoms with E-state index in [2.05, 4.69) is 22.8 Å². The van der Waals surface area contributed by atoms with E-state index in [1.807, 2.05) is 79.7 Å². The number of Topliss-reactive ketones (excluding diaryl/α,β-unsaturated/α-hetero) is 1. The molecule has 1 aliphatic heterocycles. The van der Waals surface area contributed by atoms with E-state index in [1.165, 1.54) is 5.56 Å². The SMILES string of the molecule is Cc1ccc(C2NC(=S)NC(c3ccccc3)=C2C(=O)c2ccccc2)cc1. The first-order valence-electron chi connectivity index (χ1n) is 9.17. The van der Waals surface area contributed by atoms with Crippen molar-refractivity contribution in [2.24, 2.45) is 0 Å². The summed E-state index contributed by atoms with van der Waals surface area (Å²) in [6.45, 7) is 2.05. The third kappa shape index (κ3) is 3.59. The van der Waals surface area contributed by atoms with E-state index in [0.717, 1.165) is 16.8 Å². The zero-order valence-corrected chi connectivity index (χ0v) is 16.3. The van der Waals surface area contributed by atoms with E-state index in [-0.39, 0.29) is 11.8 Å². The van der Waals surface area contributed by atoms with Crippen LogP contribution in [0.3, 0.4) is 0 Å². The van der Waals surface area contributed by atoms with Gasteiger partial charge in [0.2, 0.25) is 0 Å². The number of hydrogen-bond donors (Lipinski definition) is 2. The van der Waals surface area contributed by atoms with Crippen LogP contribution in [0.5, 0.6) is 0 Å². The standard InChI is InChI=1S/C24H20N2OS/c1-16-12-14-18(15-13-16)22-20(23(27)19-10-6-3-7-11-19)21(25-24(28)26-22)17-8-4-2-5-9-17/h2-15,22H,1H3,(H2,25,26,28). The Morgan fingerprint density at radius 1 is 0.857 bits per heavy atom. The summed E-state index contributed by atoms with van der Waals surface area (Å²) in [5, 5.41) is 7.03. The lowest BCUT2D eigenvalue weighted by Crippen LogP contribution is -2.44. The first-order valence-corrected chi connectivity index (χ1v) is 9.58. The Kier molecular flexibility index (Phi) is 5.04. The van der Waals surface area contributed by atoms with Gasteiger partial charge in [-0.15, -0.1) is 0 Å². The summed E-state index contributed by atoms with van der Waals surface area (Å²) in [4.78, 5) is 13.6. The van der Waals surface area contributed by atoms with Crippen molar-refractivity contribution in [2.75, 3.05) is 0 Å². The van der Waals surface area contributed by atoms with E-state index >= 15 is 0 Å². The van der Waals surface area contributed by atoms with Crippen LogP contribution in [0.4, 0.5) is 0 Å². The molecule has 4 rings (SSSR count). The fourth-order valence-corrected chi connectivity index (χ4v) is 3.62. The van der Waals surface area contributed by atoms with Crippen LogP contribution in [0, 0.1) is 6.92 Å². The molecule has 1 aliphatic rings. The number of benzene rings is 3. The molecule has 1 atom stereocenters. The first-order chi connectivity index (χ1) is 13.6. The zero-order chi connectivity index (χ0) is 19.5. The number of ketones is 1. The molecular formula is C24H20N2OS. The number of nitrogens with one attached hydrogen (secondary N) is 2. The van der Waals surface area contributed by atoms with Crippen LogP contribution >= 0.6 is 12.2 Å². The maximum Gasteiger partial charge on any atom is 0.193 e. The Morgan fingerprint density at radius 2 is 1.46 bits per heavy atom. The highest BCUT2D eigenvalue weighted by molar-refractivity contribution is 7.80. The van der Waals surface area contributed by atoms with Crippen LogP contribution in [-0.4, -0.2) is 10.9 Å². The van der Waals surface area contributed by atoms with Gasteiger partial charge in [0.15, 0.2) is 10.9 Å². The Bertz CT molecular complexity index is 1040. The predicted octanol–water partition coefficient (Wildman–Crippen LogP) is 4.81. The Morgan fingerprint density at radius 3 is 2.11 bits per heavy atom.